The average molecular weight is 368 g/mol. The van der Waals surface area contributed by atoms with Crippen LogP contribution in [0.25, 0.3) is 17.2 Å². The molecule has 0 aliphatic rings. The number of amides is 1. The van der Waals surface area contributed by atoms with Crippen molar-refractivity contribution in [3.63, 3.8) is 0 Å². The van der Waals surface area contributed by atoms with E-state index >= 15 is 0 Å². The van der Waals surface area contributed by atoms with Crippen molar-refractivity contribution in [3.8, 4) is 0 Å². The third-order valence-electron chi connectivity index (χ3n) is 3.40. The molecule has 1 aromatic heterocycles. The minimum atomic E-state index is -0.652. The number of carbonyl (C=O) groups is 2. The van der Waals surface area contributed by atoms with Gasteiger partial charge in [-0.25, -0.2) is 9.78 Å². The molecular formula is C19H16N2O4S. The fourth-order valence-corrected chi connectivity index (χ4v) is 2.77. The highest BCUT2D eigenvalue weighted by atomic mass is 32.2. The Morgan fingerprint density at radius 3 is 2.77 bits per heavy atom. The smallest absolute Gasteiger partial charge is 0.331 e. The molecule has 132 valence electrons. The Bertz CT molecular complexity index is 932. The molecule has 0 radical (unpaired) electrons. The van der Waals surface area contributed by atoms with E-state index in [9.17, 15) is 9.59 Å². The van der Waals surface area contributed by atoms with Gasteiger partial charge >= 0.3 is 5.97 Å². The number of ether oxygens (including phenoxy) is 1. The fraction of sp³-hybridized carbons (Fsp3) is 0.105. The largest absolute Gasteiger partial charge is 0.452 e. The summed E-state index contributed by atoms with van der Waals surface area (Å²) in [5.41, 5.74) is 2.02. The molecule has 0 aliphatic carbocycles. The van der Waals surface area contributed by atoms with E-state index in [0.29, 0.717) is 22.7 Å². The van der Waals surface area contributed by atoms with Crippen LogP contribution in [0.4, 0.5) is 5.69 Å². The molecule has 0 saturated carbocycles. The zero-order valence-corrected chi connectivity index (χ0v) is 14.8. The Morgan fingerprint density at radius 2 is 1.96 bits per heavy atom. The second-order valence-corrected chi connectivity index (χ2v) is 6.06. The first kappa shape index (κ1) is 17.8. The third-order valence-corrected chi connectivity index (χ3v) is 4.19. The topological polar surface area (TPSA) is 81.4 Å². The zero-order valence-electron chi connectivity index (χ0n) is 14.0. The summed E-state index contributed by atoms with van der Waals surface area (Å²) >= 11 is 1.52. The lowest BCUT2D eigenvalue weighted by atomic mass is 10.3. The molecule has 0 fully saturated rings. The monoisotopic (exact) mass is 368 g/mol. The standard InChI is InChI=1S/C19H16N2O4S/c1-26-16-9-5-3-7-14(16)20-17(22)12-24-19(23)11-10-18-21-13-6-2-4-8-15(13)25-18/h2-11H,12H2,1H3,(H,20,22)/b11-10+. The summed E-state index contributed by atoms with van der Waals surface area (Å²) in [5.74, 6) is -0.767. The highest BCUT2D eigenvalue weighted by molar-refractivity contribution is 7.98. The number of fused-ring (bicyclic) bond motifs is 1. The summed E-state index contributed by atoms with van der Waals surface area (Å²) in [6, 6.07) is 14.7. The zero-order chi connectivity index (χ0) is 18.4. The molecule has 26 heavy (non-hydrogen) atoms. The molecule has 1 heterocycles. The van der Waals surface area contributed by atoms with Crippen LogP contribution in [-0.2, 0) is 14.3 Å². The molecular weight excluding hydrogens is 352 g/mol. The Morgan fingerprint density at radius 1 is 1.19 bits per heavy atom. The number of para-hydroxylation sites is 3. The van der Waals surface area contributed by atoms with Crippen LogP contribution in [-0.4, -0.2) is 29.7 Å². The summed E-state index contributed by atoms with van der Waals surface area (Å²) in [5, 5.41) is 2.72. The van der Waals surface area contributed by atoms with Crippen LogP contribution in [0.15, 0.2) is 63.9 Å². The molecule has 1 N–H and O–H groups in total. The van der Waals surface area contributed by atoms with E-state index in [4.69, 9.17) is 9.15 Å². The summed E-state index contributed by atoms with van der Waals surface area (Å²) in [6.07, 6.45) is 4.50. The number of carbonyl (C=O) groups excluding carboxylic acids is 2. The maximum atomic E-state index is 11.9. The summed E-state index contributed by atoms with van der Waals surface area (Å²) in [6.45, 7) is -0.376. The van der Waals surface area contributed by atoms with E-state index in [-0.39, 0.29) is 6.61 Å². The number of benzene rings is 2. The highest BCUT2D eigenvalue weighted by Crippen LogP contribution is 2.24. The number of anilines is 1. The number of hydrogen-bond acceptors (Lipinski definition) is 6. The molecule has 0 saturated heterocycles. The second-order valence-electron chi connectivity index (χ2n) is 5.21. The van der Waals surface area contributed by atoms with E-state index in [1.165, 1.54) is 23.9 Å². The Hall–Kier alpha value is -3.06. The van der Waals surface area contributed by atoms with Gasteiger partial charge in [0.25, 0.3) is 5.91 Å². The lowest BCUT2D eigenvalue weighted by molar-refractivity contribution is -0.142. The summed E-state index contributed by atoms with van der Waals surface area (Å²) < 4.78 is 10.4. The van der Waals surface area contributed by atoms with Crippen molar-refractivity contribution in [2.24, 2.45) is 0 Å². The van der Waals surface area contributed by atoms with E-state index in [0.717, 1.165) is 4.90 Å². The van der Waals surface area contributed by atoms with E-state index < -0.39 is 11.9 Å². The predicted octanol–water partition coefficient (Wildman–Crippen LogP) is 3.74. The molecule has 0 unspecified atom stereocenters. The van der Waals surface area contributed by atoms with Gasteiger partial charge in [0.05, 0.1) is 5.69 Å². The third kappa shape index (κ3) is 4.52. The molecule has 0 aliphatic heterocycles. The van der Waals surface area contributed by atoms with Gasteiger partial charge in [-0.1, -0.05) is 24.3 Å². The van der Waals surface area contributed by atoms with Gasteiger partial charge < -0.3 is 14.5 Å². The normalized spacial score (nSPS) is 11.0. The molecule has 0 bridgehead atoms. The lowest BCUT2D eigenvalue weighted by Crippen LogP contribution is -2.20. The van der Waals surface area contributed by atoms with Gasteiger partial charge in [0.15, 0.2) is 12.2 Å². The van der Waals surface area contributed by atoms with Crippen LogP contribution in [0.2, 0.25) is 0 Å². The SMILES string of the molecule is CSc1ccccc1NC(=O)COC(=O)/C=C/c1nc2ccccc2o1. The van der Waals surface area contributed by atoms with Crippen LogP contribution in [0.3, 0.4) is 0 Å². The Labute approximate surface area is 154 Å². The van der Waals surface area contributed by atoms with Crippen molar-refractivity contribution < 1.29 is 18.7 Å². The number of nitrogens with zero attached hydrogens (tertiary/aromatic N) is 1. The number of esters is 1. The minimum absolute atomic E-state index is 0.293. The van der Waals surface area contributed by atoms with Crippen LogP contribution in [0.1, 0.15) is 5.89 Å². The number of oxazole rings is 1. The number of hydrogen-bond donors (Lipinski definition) is 1. The maximum absolute atomic E-state index is 11.9. The molecule has 1 amide bonds. The van der Waals surface area contributed by atoms with Crippen LogP contribution in [0.5, 0.6) is 0 Å². The minimum Gasteiger partial charge on any atom is -0.452 e. The van der Waals surface area contributed by atoms with Crippen LogP contribution in [0, 0.1) is 0 Å². The summed E-state index contributed by atoms with van der Waals surface area (Å²) in [4.78, 5) is 28.8. The molecule has 0 atom stereocenters. The molecule has 3 aromatic rings. The number of thioether (sulfide) groups is 1. The van der Waals surface area contributed by atoms with Crippen LogP contribution < -0.4 is 5.32 Å². The van der Waals surface area contributed by atoms with Gasteiger partial charge in [-0.3, -0.25) is 4.79 Å². The Balaban J connectivity index is 1.52. The van der Waals surface area contributed by atoms with Crippen molar-refractivity contribution in [2.45, 2.75) is 4.90 Å². The average Bonchev–Trinajstić information content (AvgIpc) is 3.08. The number of rotatable bonds is 6. The quantitative estimate of drug-likeness (QED) is 0.405. The molecule has 6 nitrogen and oxygen atoms in total. The second kappa shape index (κ2) is 8.35. The van der Waals surface area contributed by atoms with Crippen molar-refractivity contribution >= 4 is 46.5 Å². The van der Waals surface area contributed by atoms with E-state index in [1.54, 1.807) is 12.1 Å². The molecule has 3 rings (SSSR count). The first-order valence-corrected chi connectivity index (χ1v) is 9.01. The first-order chi connectivity index (χ1) is 12.7. The predicted molar refractivity (Wildman–Crippen MR) is 101 cm³/mol. The van der Waals surface area contributed by atoms with Crippen molar-refractivity contribution in [3.05, 3.63) is 60.5 Å². The number of aromatic nitrogens is 1. The van der Waals surface area contributed by atoms with E-state index in [2.05, 4.69) is 10.3 Å². The van der Waals surface area contributed by atoms with Gasteiger partial charge in [0.2, 0.25) is 5.89 Å². The maximum Gasteiger partial charge on any atom is 0.331 e. The first-order valence-electron chi connectivity index (χ1n) is 7.79. The van der Waals surface area contributed by atoms with Crippen molar-refractivity contribution in [1.29, 1.82) is 0 Å². The molecule has 7 heteroatoms. The van der Waals surface area contributed by atoms with Crippen molar-refractivity contribution in [2.75, 3.05) is 18.2 Å². The van der Waals surface area contributed by atoms with Crippen molar-refractivity contribution in [1.82, 2.24) is 4.98 Å². The Kier molecular flexibility index (Phi) is 5.70. The van der Waals surface area contributed by atoms with E-state index in [1.807, 2.05) is 42.7 Å². The van der Waals surface area contributed by atoms with Gasteiger partial charge in [0, 0.05) is 17.0 Å². The molecule has 2 aromatic carbocycles. The number of nitrogens with one attached hydrogen (secondary N) is 1. The van der Waals surface area contributed by atoms with Gasteiger partial charge in [-0.2, -0.15) is 0 Å². The van der Waals surface area contributed by atoms with Gasteiger partial charge in [-0.15, -0.1) is 11.8 Å². The highest BCUT2D eigenvalue weighted by Gasteiger charge is 2.09. The lowest BCUT2D eigenvalue weighted by Gasteiger charge is -2.08. The van der Waals surface area contributed by atoms with Gasteiger partial charge in [-0.05, 0) is 30.5 Å². The summed E-state index contributed by atoms with van der Waals surface area (Å²) in [7, 11) is 0. The molecule has 0 spiro atoms. The van der Waals surface area contributed by atoms with Crippen LogP contribution >= 0.6 is 11.8 Å². The van der Waals surface area contributed by atoms with Gasteiger partial charge in [0.1, 0.15) is 5.52 Å². The fourth-order valence-electron chi connectivity index (χ4n) is 2.22.